The molecule has 0 saturated heterocycles. The van der Waals surface area contributed by atoms with E-state index in [4.69, 9.17) is 21.5 Å². The lowest BCUT2D eigenvalue weighted by Crippen LogP contribution is -2.02. The molecular formula is C47H29N5. The maximum Gasteiger partial charge on any atom is 0.192 e. The lowest BCUT2D eigenvalue weighted by Gasteiger charge is -2.18. The molecule has 7 aromatic carbocycles. The molecule has 2 aromatic heterocycles. The summed E-state index contributed by atoms with van der Waals surface area (Å²) in [5.74, 6) is 1.58. The Balaban J connectivity index is 1.19. The van der Waals surface area contributed by atoms with Gasteiger partial charge in [0.25, 0.3) is 0 Å². The summed E-state index contributed by atoms with van der Waals surface area (Å²) in [7, 11) is 0. The first-order valence-electron chi connectivity index (χ1n) is 17.4. The molecule has 5 nitrogen and oxygen atoms in total. The standard InChI is InChI=1S/C47H29N5/c1-48-39-29-32(47-50-45(30-15-5-2-6-16-30)49-46(51-47)31-17-7-3-8-18-31)25-26-37(39)42-35-22-12-11-21-34(35)36-27-28-41-43(44(36)42)38-23-13-14-24-40(38)52(41)33-19-9-4-10-20-33/h2-29,42H. The fourth-order valence-corrected chi connectivity index (χ4v) is 7.91. The SMILES string of the molecule is [C-]#[N+]c1cc(-c2nc(-c3ccccc3)nc(-c3ccccc3)n2)ccc1C1c2ccccc2-c2ccc3c(c21)c1ccccc1n3-c1ccccc1. The highest BCUT2D eigenvalue weighted by Crippen LogP contribution is 2.54. The van der Waals surface area contributed by atoms with Gasteiger partial charge in [-0.15, -0.1) is 0 Å². The molecule has 242 valence electrons. The molecule has 1 atom stereocenters. The third kappa shape index (κ3) is 4.66. The monoisotopic (exact) mass is 663 g/mol. The van der Waals surface area contributed by atoms with Crippen molar-refractivity contribution in [3.05, 3.63) is 198 Å². The molecule has 9 aromatic rings. The number of hydrogen-bond donors (Lipinski definition) is 0. The number of benzene rings is 7. The first-order chi connectivity index (χ1) is 25.8. The second-order valence-electron chi connectivity index (χ2n) is 13.1. The predicted octanol–water partition coefficient (Wildman–Crippen LogP) is 11.7. The number of aromatic nitrogens is 4. The zero-order valence-corrected chi connectivity index (χ0v) is 28.0. The zero-order chi connectivity index (χ0) is 34.6. The minimum absolute atomic E-state index is 0.138. The fourth-order valence-electron chi connectivity index (χ4n) is 7.91. The van der Waals surface area contributed by atoms with Gasteiger partial charge in [-0.2, -0.15) is 0 Å². The molecular weight excluding hydrogens is 635 g/mol. The maximum atomic E-state index is 8.51. The van der Waals surface area contributed by atoms with Crippen LogP contribution in [-0.2, 0) is 0 Å². The summed E-state index contributed by atoms with van der Waals surface area (Å²) in [5, 5.41) is 2.42. The van der Waals surface area contributed by atoms with Gasteiger partial charge in [-0.05, 0) is 58.1 Å². The number of para-hydroxylation sites is 2. The molecule has 0 radical (unpaired) electrons. The van der Waals surface area contributed by atoms with Crippen molar-refractivity contribution in [2.75, 3.05) is 0 Å². The molecule has 1 aliphatic carbocycles. The summed E-state index contributed by atoms with van der Waals surface area (Å²) in [6.45, 7) is 8.51. The summed E-state index contributed by atoms with van der Waals surface area (Å²) in [6.07, 6.45) is 0. The average molecular weight is 664 g/mol. The van der Waals surface area contributed by atoms with Gasteiger partial charge in [-0.1, -0.05) is 140 Å². The van der Waals surface area contributed by atoms with E-state index in [2.05, 4.69) is 113 Å². The van der Waals surface area contributed by atoms with E-state index in [0.29, 0.717) is 23.2 Å². The predicted molar refractivity (Wildman–Crippen MR) is 210 cm³/mol. The van der Waals surface area contributed by atoms with Gasteiger partial charge in [0.2, 0.25) is 0 Å². The Bertz CT molecular complexity index is 2790. The average Bonchev–Trinajstić information content (AvgIpc) is 3.74. The summed E-state index contributed by atoms with van der Waals surface area (Å²) >= 11 is 0. The van der Waals surface area contributed by atoms with Crippen molar-refractivity contribution in [2.24, 2.45) is 0 Å². The largest absolute Gasteiger partial charge is 0.309 e. The summed E-state index contributed by atoms with van der Waals surface area (Å²) in [5.41, 5.74) is 12.4. The Morgan fingerprint density at radius 2 is 1.08 bits per heavy atom. The van der Waals surface area contributed by atoms with Crippen molar-refractivity contribution in [2.45, 2.75) is 5.92 Å². The number of rotatable bonds is 5. The van der Waals surface area contributed by atoms with Crippen LogP contribution in [0.5, 0.6) is 0 Å². The Kier molecular flexibility index (Phi) is 6.87. The van der Waals surface area contributed by atoms with Crippen molar-refractivity contribution in [3.8, 4) is 51.0 Å². The van der Waals surface area contributed by atoms with Crippen LogP contribution in [0.25, 0.3) is 77.6 Å². The molecule has 0 bridgehead atoms. The summed E-state index contributed by atoms with van der Waals surface area (Å²) in [4.78, 5) is 18.9. The van der Waals surface area contributed by atoms with Crippen LogP contribution in [0.15, 0.2) is 170 Å². The summed E-state index contributed by atoms with van der Waals surface area (Å²) in [6, 6.07) is 58.4. The van der Waals surface area contributed by atoms with Gasteiger partial charge in [0.05, 0.1) is 17.6 Å². The fraction of sp³-hybridized carbons (Fsp3) is 0.0213. The first kappa shape index (κ1) is 29.7. The van der Waals surface area contributed by atoms with Gasteiger partial charge >= 0.3 is 0 Å². The first-order valence-corrected chi connectivity index (χ1v) is 17.4. The molecule has 0 aliphatic heterocycles. The van der Waals surface area contributed by atoms with Crippen LogP contribution in [0.1, 0.15) is 22.6 Å². The van der Waals surface area contributed by atoms with Gasteiger partial charge in [0.1, 0.15) is 0 Å². The molecule has 1 aliphatic rings. The van der Waals surface area contributed by atoms with Crippen molar-refractivity contribution in [3.63, 3.8) is 0 Å². The Morgan fingerprint density at radius 3 is 1.77 bits per heavy atom. The van der Waals surface area contributed by atoms with E-state index >= 15 is 0 Å². The second kappa shape index (κ2) is 12.0. The summed E-state index contributed by atoms with van der Waals surface area (Å²) < 4.78 is 2.36. The van der Waals surface area contributed by atoms with Gasteiger partial charge in [0, 0.05) is 39.1 Å². The van der Waals surface area contributed by atoms with Crippen molar-refractivity contribution in [1.82, 2.24) is 19.5 Å². The van der Waals surface area contributed by atoms with E-state index in [9.17, 15) is 0 Å². The van der Waals surface area contributed by atoms with Crippen LogP contribution in [0.2, 0.25) is 0 Å². The van der Waals surface area contributed by atoms with Crippen molar-refractivity contribution in [1.29, 1.82) is 0 Å². The molecule has 52 heavy (non-hydrogen) atoms. The van der Waals surface area contributed by atoms with Crippen LogP contribution in [0, 0.1) is 6.57 Å². The highest BCUT2D eigenvalue weighted by molar-refractivity contribution is 6.14. The lowest BCUT2D eigenvalue weighted by atomic mass is 9.85. The molecule has 0 saturated carbocycles. The quantitative estimate of drug-likeness (QED) is 0.172. The van der Waals surface area contributed by atoms with Crippen LogP contribution in [0.3, 0.4) is 0 Å². The zero-order valence-electron chi connectivity index (χ0n) is 28.0. The molecule has 0 fully saturated rings. The van der Waals surface area contributed by atoms with E-state index in [1.165, 1.54) is 33.0 Å². The smallest absolute Gasteiger partial charge is 0.192 e. The number of nitrogens with zero attached hydrogens (tertiary/aromatic N) is 5. The highest BCUT2D eigenvalue weighted by Gasteiger charge is 2.34. The van der Waals surface area contributed by atoms with Crippen molar-refractivity contribution < 1.29 is 0 Å². The Hall–Kier alpha value is -7.16. The van der Waals surface area contributed by atoms with Crippen molar-refractivity contribution >= 4 is 27.5 Å². The third-order valence-corrected chi connectivity index (χ3v) is 10.2. The molecule has 5 heteroatoms. The highest BCUT2D eigenvalue weighted by atomic mass is 15.0. The van der Waals surface area contributed by atoms with Crippen LogP contribution in [-0.4, -0.2) is 19.5 Å². The van der Waals surface area contributed by atoms with E-state index < -0.39 is 0 Å². The minimum atomic E-state index is -0.138. The van der Waals surface area contributed by atoms with E-state index in [1.807, 2.05) is 66.7 Å². The Morgan fingerprint density at radius 1 is 0.481 bits per heavy atom. The van der Waals surface area contributed by atoms with E-state index in [-0.39, 0.29) is 5.92 Å². The van der Waals surface area contributed by atoms with E-state index in [1.54, 1.807) is 0 Å². The van der Waals surface area contributed by atoms with Crippen LogP contribution < -0.4 is 0 Å². The Labute approximate surface area is 301 Å². The molecule has 0 amide bonds. The van der Waals surface area contributed by atoms with Gasteiger partial charge in [-0.3, -0.25) is 0 Å². The van der Waals surface area contributed by atoms with E-state index in [0.717, 1.165) is 39.0 Å². The molecule has 2 heterocycles. The molecule has 1 unspecified atom stereocenters. The van der Waals surface area contributed by atoms with Gasteiger partial charge < -0.3 is 4.57 Å². The van der Waals surface area contributed by atoms with Gasteiger partial charge in [-0.25, -0.2) is 19.8 Å². The lowest BCUT2D eigenvalue weighted by molar-refractivity contribution is 1.03. The maximum absolute atomic E-state index is 8.51. The normalized spacial score (nSPS) is 13.2. The molecule has 10 rings (SSSR count). The third-order valence-electron chi connectivity index (χ3n) is 10.2. The molecule has 0 spiro atoms. The van der Waals surface area contributed by atoms with Crippen LogP contribution >= 0.6 is 0 Å². The second-order valence-corrected chi connectivity index (χ2v) is 13.1. The minimum Gasteiger partial charge on any atom is -0.309 e. The van der Waals surface area contributed by atoms with Gasteiger partial charge in [0.15, 0.2) is 23.2 Å². The molecule has 0 N–H and O–H groups in total. The topological polar surface area (TPSA) is 48.0 Å². The number of fused-ring (bicyclic) bond motifs is 7. The number of hydrogen-bond acceptors (Lipinski definition) is 3. The van der Waals surface area contributed by atoms with Crippen LogP contribution in [0.4, 0.5) is 5.69 Å².